The Labute approximate surface area is 116 Å². The van der Waals surface area contributed by atoms with Gasteiger partial charge in [-0.15, -0.1) is 0 Å². The molecule has 1 heterocycles. The molecule has 1 N–H and O–H groups in total. The topological polar surface area (TPSA) is 25.2 Å². The van der Waals surface area contributed by atoms with Gasteiger partial charge < -0.3 is 9.73 Å². The maximum atomic E-state index is 6.01. The first-order chi connectivity index (χ1) is 8.84. The van der Waals surface area contributed by atoms with Gasteiger partial charge in [0.25, 0.3) is 0 Å². The van der Waals surface area contributed by atoms with E-state index in [-0.39, 0.29) is 5.41 Å². The van der Waals surface area contributed by atoms with Crippen molar-refractivity contribution < 1.29 is 4.42 Å². The summed E-state index contributed by atoms with van der Waals surface area (Å²) in [6.07, 6.45) is 0. The normalized spacial score (nSPS) is 12.6. The molecule has 1 aromatic carbocycles. The zero-order valence-corrected chi connectivity index (χ0v) is 12.9. The number of nitrogens with one attached hydrogen (secondary N) is 1. The monoisotopic (exact) mass is 259 g/mol. The van der Waals surface area contributed by atoms with E-state index in [0.29, 0.717) is 5.92 Å². The lowest BCUT2D eigenvalue weighted by Crippen LogP contribution is -2.10. The Morgan fingerprint density at radius 2 is 1.89 bits per heavy atom. The molecule has 2 rings (SSSR count). The summed E-state index contributed by atoms with van der Waals surface area (Å²) in [5, 5.41) is 4.46. The Hall–Kier alpha value is -1.28. The van der Waals surface area contributed by atoms with E-state index in [1.54, 1.807) is 0 Å². The van der Waals surface area contributed by atoms with Gasteiger partial charge in [-0.3, -0.25) is 0 Å². The van der Waals surface area contributed by atoms with Crippen molar-refractivity contribution in [1.29, 1.82) is 0 Å². The first-order valence-corrected chi connectivity index (χ1v) is 7.05. The van der Waals surface area contributed by atoms with Crippen LogP contribution in [0.4, 0.5) is 0 Å². The minimum atomic E-state index is 0.170. The molecule has 0 aliphatic rings. The van der Waals surface area contributed by atoms with Gasteiger partial charge in [-0.1, -0.05) is 40.7 Å². The summed E-state index contributed by atoms with van der Waals surface area (Å²) in [5.74, 6) is 1.54. The van der Waals surface area contributed by atoms with Crippen molar-refractivity contribution in [3.8, 4) is 0 Å². The largest absolute Gasteiger partial charge is 0.459 e. The van der Waals surface area contributed by atoms with Crippen molar-refractivity contribution in [2.24, 2.45) is 0 Å². The van der Waals surface area contributed by atoms with Gasteiger partial charge in [-0.25, -0.2) is 0 Å². The van der Waals surface area contributed by atoms with Crippen LogP contribution in [-0.2, 0) is 12.0 Å². The number of hydrogen-bond acceptors (Lipinski definition) is 2. The molecule has 0 amide bonds. The maximum Gasteiger partial charge on any atom is 0.134 e. The summed E-state index contributed by atoms with van der Waals surface area (Å²) < 4.78 is 6.01. The van der Waals surface area contributed by atoms with E-state index >= 15 is 0 Å². The molecule has 0 aliphatic carbocycles. The quantitative estimate of drug-likeness (QED) is 0.873. The van der Waals surface area contributed by atoms with Crippen molar-refractivity contribution in [3.05, 3.63) is 35.1 Å². The van der Waals surface area contributed by atoms with Gasteiger partial charge in [0.15, 0.2) is 0 Å². The van der Waals surface area contributed by atoms with Gasteiger partial charge in [0.1, 0.15) is 11.3 Å². The molecule has 2 nitrogen and oxygen atoms in total. The number of furan rings is 1. The molecule has 2 heteroatoms. The minimum absolute atomic E-state index is 0.170. The number of hydrogen-bond donors (Lipinski definition) is 1. The molecular weight excluding hydrogens is 234 g/mol. The second-order valence-corrected chi connectivity index (χ2v) is 6.58. The van der Waals surface area contributed by atoms with E-state index in [1.807, 2.05) is 7.05 Å². The van der Waals surface area contributed by atoms with Crippen LogP contribution in [0, 0.1) is 0 Å². The standard InChI is InChI=1S/C17H25NO/c1-11(2)16-13-9-12(17(3,4)5)7-8-14(13)19-15(16)10-18-6/h7-9,11,18H,10H2,1-6H3. The van der Waals surface area contributed by atoms with Gasteiger partial charge in [-0.2, -0.15) is 0 Å². The Balaban J connectivity index is 2.66. The van der Waals surface area contributed by atoms with Crippen molar-refractivity contribution in [1.82, 2.24) is 5.32 Å². The highest BCUT2D eigenvalue weighted by molar-refractivity contribution is 5.84. The lowest BCUT2D eigenvalue weighted by atomic mass is 9.85. The van der Waals surface area contributed by atoms with Crippen LogP contribution >= 0.6 is 0 Å². The molecule has 0 saturated carbocycles. The molecule has 19 heavy (non-hydrogen) atoms. The van der Waals surface area contributed by atoms with Crippen LogP contribution in [0.5, 0.6) is 0 Å². The molecule has 0 radical (unpaired) electrons. The van der Waals surface area contributed by atoms with Crippen LogP contribution in [0.3, 0.4) is 0 Å². The van der Waals surface area contributed by atoms with E-state index in [2.05, 4.69) is 58.1 Å². The van der Waals surface area contributed by atoms with Crippen LogP contribution in [0.25, 0.3) is 11.0 Å². The highest BCUT2D eigenvalue weighted by Crippen LogP contribution is 2.35. The second-order valence-electron chi connectivity index (χ2n) is 6.58. The molecule has 0 aliphatic heterocycles. The number of benzene rings is 1. The Morgan fingerprint density at radius 3 is 2.42 bits per heavy atom. The average molecular weight is 259 g/mol. The predicted octanol–water partition coefficient (Wildman–Crippen LogP) is 4.57. The minimum Gasteiger partial charge on any atom is -0.459 e. The molecule has 0 saturated heterocycles. The predicted molar refractivity (Wildman–Crippen MR) is 81.8 cm³/mol. The van der Waals surface area contributed by atoms with Gasteiger partial charge in [0, 0.05) is 10.9 Å². The molecular formula is C17H25NO. The third-order valence-corrected chi connectivity index (χ3v) is 3.58. The third kappa shape index (κ3) is 2.69. The van der Waals surface area contributed by atoms with E-state index in [0.717, 1.165) is 17.9 Å². The fraction of sp³-hybridized carbons (Fsp3) is 0.529. The second kappa shape index (κ2) is 5.01. The SMILES string of the molecule is CNCc1oc2ccc(C(C)(C)C)cc2c1C(C)C. The van der Waals surface area contributed by atoms with Crippen LogP contribution in [0.1, 0.15) is 57.4 Å². The van der Waals surface area contributed by atoms with Crippen LogP contribution in [0.2, 0.25) is 0 Å². The Kier molecular flexibility index (Phi) is 3.73. The van der Waals surface area contributed by atoms with E-state index in [1.165, 1.54) is 16.5 Å². The molecule has 0 atom stereocenters. The van der Waals surface area contributed by atoms with Crippen LogP contribution in [0.15, 0.2) is 22.6 Å². The first-order valence-electron chi connectivity index (χ1n) is 7.05. The van der Waals surface area contributed by atoms with Gasteiger partial charge in [0.05, 0.1) is 6.54 Å². The molecule has 104 valence electrons. The van der Waals surface area contributed by atoms with Gasteiger partial charge in [-0.05, 0) is 36.1 Å². The summed E-state index contributed by atoms with van der Waals surface area (Å²) in [5.41, 5.74) is 3.87. The Morgan fingerprint density at radius 1 is 1.21 bits per heavy atom. The molecule has 0 unspecified atom stereocenters. The summed E-state index contributed by atoms with van der Waals surface area (Å²) in [6, 6.07) is 6.59. The van der Waals surface area contributed by atoms with E-state index in [9.17, 15) is 0 Å². The fourth-order valence-corrected chi connectivity index (χ4v) is 2.56. The van der Waals surface area contributed by atoms with Gasteiger partial charge in [0.2, 0.25) is 0 Å². The summed E-state index contributed by atoms with van der Waals surface area (Å²) >= 11 is 0. The van der Waals surface area contributed by atoms with E-state index in [4.69, 9.17) is 4.42 Å². The molecule has 1 aromatic heterocycles. The number of fused-ring (bicyclic) bond motifs is 1. The zero-order valence-electron chi connectivity index (χ0n) is 12.9. The van der Waals surface area contributed by atoms with Crippen molar-refractivity contribution in [3.63, 3.8) is 0 Å². The lowest BCUT2D eigenvalue weighted by Gasteiger charge is -2.19. The fourth-order valence-electron chi connectivity index (χ4n) is 2.56. The molecule has 2 aromatic rings. The number of rotatable bonds is 3. The average Bonchev–Trinajstić information content (AvgIpc) is 2.65. The van der Waals surface area contributed by atoms with Crippen molar-refractivity contribution in [2.75, 3.05) is 7.05 Å². The third-order valence-electron chi connectivity index (χ3n) is 3.58. The zero-order chi connectivity index (χ0) is 14.2. The highest BCUT2D eigenvalue weighted by Gasteiger charge is 2.20. The van der Waals surface area contributed by atoms with Crippen LogP contribution in [-0.4, -0.2) is 7.05 Å². The summed E-state index contributed by atoms with van der Waals surface area (Å²) in [6.45, 7) is 12.0. The molecule has 0 bridgehead atoms. The summed E-state index contributed by atoms with van der Waals surface area (Å²) in [7, 11) is 1.96. The first kappa shape index (κ1) is 14.1. The smallest absolute Gasteiger partial charge is 0.134 e. The van der Waals surface area contributed by atoms with Gasteiger partial charge >= 0.3 is 0 Å². The van der Waals surface area contributed by atoms with E-state index < -0.39 is 0 Å². The molecule has 0 fully saturated rings. The Bertz CT molecular complexity index is 573. The van der Waals surface area contributed by atoms with Crippen molar-refractivity contribution in [2.45, 2.75) is 52.5 Å². The van der Waals surface area contributed by atoms with Crippen LogP contribution < -0.4 is 5.32 Å². The summed E-state index contributed by atoms with van der Waals surface area (Å²) in [4.78, 5) is 0. The molecule has 0 spiro atoms. The maximum absolute atomic E-state index is 6.01. The highest BCUT2D eigenvalue weighted by atomic mass is 16.3. The van der Waals surface area contributed by atoms with Crippen molar-refractivity contribution >= 4 is 11.0 Å². The lowest BCUT2D eigenvalue weighted by molar-refractivity contribution is 0.520.